The second kappa shape index (κ2) is 14.0. The summed E-state index contributed by atoms with van der Waals surface area (Å²) in [5.41, 5.74) is 0. The van der Waals surface area contributed by atoms with Gasteiger partial charge in [0.2, 0.25) is 0 Å². The molecule has 1 heteroatoms. The van der Waals surface area contributed by atoms with Gasteiger partial charge in [-0.1, -0.05) is 71.6 Å². The number of rotatable bonds is 13. The van der Waals surface area contributed by atoms with Crippen LogP contribution in [-0.2, 0) is 0 Å². The van der Waals surface area contributed by atoms with Crippen LogP contribution >= 0.6 is 0 Å². The molecule has 1 N–H and O–H groups in total. The van der Waals surface area contributed by atoms with Gasteiger partial charge in [0.25, 0.3) is 0 Å². The minimum atomic E-state index is 0.722. The van der Waals surface area contributed by atoms with Crippen LogP contribution in [0.25, 0.3) is 0 Å². The van der Waals surface area contributed by atoms with E-state index in [9.17, 15) is 0 Å². The maximum Gasteiger partial charge on any atom is 0.00387 e. The van der Waals surface area contributed by atoms with Gasteiger partial charge in [-0.25, -0.2) is 0 Å². The first-order valence-electron chi connectivity index (χ1n) is 8.04. The van der Waals surface area contributed by atoms with Gasteiger partial charge in [0.1, 0.15) is 0 Å². The minimum absolute atomic E-state index is 0.722. The van der Waals surface area contributed by atoms with Gasteiger partial charge in [-0.15, -0.1) is 0 Å². The van der Waals surface area contributed by atoms with Crippen LogP contribution in [0.3, 0.4) is 0 Å². The molecule has 0 aromatic carbocycles. The first-order valence-corrected chi connectivity index (χ1v) is 8.04. The fraction of sp³-hybridized carbons (Fsp3) is 1.00. The SMILES string of the molecule is CCCCCCCCCCCC(C)NCCC. The van der Waals surface area contributed by atoms with Crippen molar-refractivity contribution in [1.29, 1.82) is 0 Å². The molecule has 0 aromatic heterocycles. The van der Waals surface area contributed by atoms with E-state index in [0.29, 0.717) is 0 Å². The zero-order chi connectivity index (χ0) is 12.8. The topological polar surface area (TPSA) is 12.0 Å². The first-order chi connectivity index (χ1) is 8.31. The lowest BCUT2D eigenvalue weighted by Crippen LogP contribution is -2.26. The highest BCUT2D eigenvalue weighted by Crippen LogP contribution is 2.11. The van der Waals surface area contributed by atoms with Gasteiger partial charge >= 0.3 is 0 Å². The quantitative estimate of drug-likeness (QED) is 0.432. The predicted molar refractivity (Wildman–Crippen MR) is 79.6 cm³/mol. The molecular weight excluding hydrogens is 206 g/mol. The van der Waals surface area contributed by atoms with Gasteiger partial charge in [-0.3, -0.25) is 0 Å². The fourth-order valence-electron chi connectivity index (χ4n) is 2.25. The third-order valence-electron chi connectivity index (χ3n) is 3.48. The van der Waals surface area contributed by atoms with Crippen molar-refractivity contribution >= 4 is 0 Å². The van der Waals surface area contributed by atoms with Crippen molar-refractivity contribution in [3.05, 3.63) is 0 Å². The van der Waals surface area contributed by atoms with Crippen LogP contribution in [0.4, 0.5) is 0 Å². The van der Waals surface area contributed by atoms with Crippen LogP contribution in [0.2, 0.25) is 0 Å². The summed E-state index contributed by atoms with van der Waals surface area (Å²) in [5, 5.41) is 3.56. The van der Waals surface area contributed by atoms with Crippen LogP contribution < -0.4 is 5.32 Å². The average Bonchev–Trinajstić information content (AvgIpc) is 2.34. The average molecular weight is 241 g/mol. The molecule has 0 aliphatic carbocycles. The zero-order valence-corrected chi connectivity index (χ0v) is 12.6. The van der Waals surface area contributed by atoms with Crippen molar-refractivity contribution in [1.82, 2.24) is 5.32 Å². The molecular formula is C16H35N. The van der Waals surface area contributed by atoms with E-state index in [1.807, 2.05) is 0 Å². The molecule has 0 spiro atoms. The lowest BCUT2D eigenvalue weighted by atomic mass is 10.0. The molecule has 0 aliphatic heterocycles. The molecule has 0 rings (SSSR count). The molecule has 0 saturated heterocycles. The summed E-state index contributed by atoms with van der Waals surface area (Å²) < 4.78 is 0. The Morgan fingerprint density at radius 1 is 0.706 bits per heavy atom. The van der Waals surface area contributed by atoms with E-state index in [1.54, 1.807) is 0 Å². The van der Waals surface area contributed by atoms with E-state index >= 15 is 0 Å². The maximum absolute atomic E-state index is 3.56. The Balaban J connectivity index is 3.02. The van der Waals surface area contributed by atoms with Crippen molar-refractivity contribution < 1.29 is 0 Å². The summed E-state index contributed by atoms with van der Waals surface area (Å²) >= 11 is 0. The smallest absolute Gasteiger partial charge is 0.00387 e. The highest BCUT2D eigenvalue weighted by molar-refractivity contribution is 4.60. The van der Waals surface area contributed by atoms with E-state index in [0.717, 1.165) is 6.04 Å². The Bertz CT molecular complexity index is 133. The van der Waals surface area contributed by atoms with Crippen LogP contribution in [0.5, 0.6) is 0 Å². The number of nitrogens with one attached hydrogen (secondary N) is 1. The van der Waals surface area contributed by atoms with Gasteiger partial charge < -0.3 is 5.32 Å². The summed E-state index contributed by atoms with van der Waals surface area (Å²) in [6.07, 6.45) is 15.5. The third kappa shape index (κ3) is 13.9. The molecule has 1 unspecified atom stereocenters. The molecule has 1 atom stereocenters. The van der Waals surface area contributed by atoms with Crippen molar-refractivity contribution in [3.8, 4) is 0 Å². The number of hydrogen-bond acceptors (Lipinski definition) is 1. The monoisotopic (exact) mass is 241 g/mol. The highest BCUT2D eigenvalue weighted by Gasteiger charge is 1.99. The standard InChI is InChI=1S/C16H35N/c1-4-6-7-8-9-10-11-12-13-14-16(3)17-15-5-2/h16-17H,4-15H2,1-3H3. The molecule has 0 aliphatic rings. The second-order valence-corrected chi connectivity index (χ2v) is 5.47. The van der Waals surface area contributed by atoms with Crippen molar-refractivity contribution in [2.24, 2.45) is 0 Å². The summed E-state index contributed by atoms with van der Waals surface area (Å²) in [6.45, 7) is 8.02. The van der Waals surface area contributed by atoms with Gasteiger partial charge in [0, 0.05) is 6.04 Å². The molecule has 0 amide bonds. The Labute approximate surface area is 110 Å². The molecule has 104 valence electrons. The number of unbranched alkanes of at least 4 members (excludes halogenated alkanes) is 8. The lowest BCUT2D eigenvalue weighted by Gasteiger charge is -2.12. The zero-order valence-electron chi connectivity index (χ0n) is 12.6. The Hall–Kier alpha value is -0.0400. The Morgan fingerprint density at radius 2 is 1.24 bits per heavy atom. The number of hydrogen-bond donors (Lipinski definition) is 1. The minimum Gasteiger partial charge on any atom is -0.314 e. The van der Waals surface area contributed by atoms with Gasteiger partial charge in [-0.2, -0.15) is 0 Å². The van der Waals surface area contributed by atoms with Crippen molar-refractivity contribution in [2.45, 2.75) is 97.4 Å². The molecule has 0 saturated carbocycles. The van der Waals surface area contributed by atoms with E-state index in [-0.39, 0.29) is 0 Å². The molecule has 0 aromatic rings. The molecule has 0 bridgehead atoms. The van der Waals surface area contributed by atoms with Gasteiger partial charge in [-0.05, 0) is 26.3 Å². The summed E-state index contributed by atoms with van der Waals surface area (Å²) in [6, 6.07) is 0.722. The van der Waals surface area contributed by atoms with E-state index in [1.165, 1.54) is 77.2 Å². The van der Waals surface area contributed by atoms with Gasteiger partial charge in [0.05, 0.1) is 0 Å². The van der Waals surface area contributed by atoms with Crippen molar-refractivity contribution in [3.63, 3.8) is 0 Å². The Kier molecular flexibility index (Phi) is 14.0. The predicted octanol–water partition coefficient (Wildman–Crippen LogP) is 5.30. The Morgan fingerprint density at radius 3 is 1.76 bits per heavy atom. The fourth-order valence-corrected chi connectivity index (χ4v) is 2.25. The van der Waals surface area contributed by atoms with Crippen LogP contribution in [0.15, 0.2) is 0 Å². The molecule has 1 nitrogen and oxygen atoms in total. The third-order valence-corrected chi connectivity index (χ3v) is 3.48. The van der Waals surface area contributed by atoms with Crippen LogP contribution in [0, 0.1) is 0 Å². The van der Waals surface area contributed by atoms with E-state index in [2.05, 4.69) is 26.1 Å². The van der Waals surface area contributed by atoms with E-state index in [4.69, 9.17) is 0 Å². The summed E-state index contributed by atoms with van der Waals surface area (Å²) in [4.78, 5) is 0. The normalized spacial score (nSPS) is 12.9. The molecule has 0 fully saturated rings. The second-order valence-electron chi connectivity index (χ2n) is 5.47. The summed E-state index contributed by atoms with van der Waals surface area (Å²) in [7, 11) is 0. The largest absolute Gasteiger partial charge is 0.314 e. The highest BCUT2D eigenvalue weighted by atomic mass is 14.9. The van der Waals surface area contributed by atoms with E-state index < -0.39 is 0 Å². The molecule has 0 heterocycles. The van der Waals surface area contributed by atoms with Crippen LogP contribution in [0.1, 0.15) is 91.4 Å². The summed E-state index contributed by atoms with van der Waals surface area (Å²) in [5.74, 6) is 0. The first kappa shape index (κ1) is 17.0. The van der Waals surface area contributed by atoms with Crippen molar-refractivity contribution in [2.75, 3.05) is 6.54 Å². The van der Waals surface area contributed by atoms with Gasteiger partial charge in [0.15, 0.2) is 0 Å². The maximum atomic E-state index is 3.56. The lowest BCUT2D eigenvalue weighted by molar-refractivity contribution is 0.476. The molecule has 17 heavy (non-hydrogen) atoms. The molecule has 0 radical (unpaired) electrons. The van der Waals surface area contributed by atoms with Crippen LogP contribution in [-0.4, -0.2) is 12.6 Å².